The van der Waals surface area contributed by atoms with Crippen LogP contribution in [0, 0.1) is 0 Å². The fourth-order valence-electron chi connectivity index (χ4n) is 3.55. The monoisotopic (exact) mass is 525 g/mol. The zero-order valence-corrected chi connectivity index (χ0v) is 21.1. The van der Waals surface area contributed by atoms with Crippen LogP contribution in [0.5, 0.6) is 0 Å². The van der Waals surface area contributed by atoms with Crippen molar-refractivity contribution in [3.63, 3.8) is 0 Å². The van der Waals surface area contributed by atoms with E-state index in [0.29, 0.717) is 21.4 Å². The highest BCUT2D eigenvalue weighted by Crippen LogP contribution is 2.30. The number of nitrogens with one attached hydrogen (secondary N) is 1. The summed E-state index contributed by atoms with van der Waals surface area (Å²) in [6, 6.07) is 9.65. The van der Waals surface area contributed by atoms with E-state index in [1.54, 1.807) is 31.2 Å². The van der Waals surface area contributed by atoms with Crippen LogP contribution in [0.25, 0.3) is 0 Å². The maximum absolute atomic E-state index is 13.3. The van der Waals surface area contributed by atoms with Gasteiger partial charge in [-0.1, -0.05) is 54.7 Å². The standard InChI is InChI=1S/C23H25Cl2N3O5S/c1-3-4-11-26-22(30)15(2)27(13-16-9-10-18(24)19(25)12-16)21(29)14-28-23(31)17-7-5-6-8-20(17)34(28,32)33/h5-10,12,15H,3-4,11,13-14H2,1-2H3,(H,26,30)/t15-/m1/s1. The third-order valence-electron chi connectivity index (χ3n) is 5.52. The molecule has 3 rings (SSSR count). The number of nitrogens with zero attached hydrogens (tertiary/aromatic N) is 2. The third-order valence-corrected chi connectivity index (χ3v) is 8.05. The van der Waals surface area contributed by atoms with E-state index in [9.17, 15) is 22.8 Å². The van der Waals surface area contributed by atoms with Crippen molar-refractivity contribution in [3.8, 4) is 0 Å². The maximum Gasteiger partial charge on any atom is 0.269 e. The van der Waals surface area contributed by atoms with E-state index in [4.69, 9.17) is 23.2 Å². The number of carbonyl (C=O) groups is 3. The molecule has 0 unspecified atom stereocenters. The van der Waals surface area contributed by atoms with E-state index in [-0.39, 0.29) is 27.9 Å². The highest BCUT2D eigenvalue weighted by atomic mass is 35.5. The summed E-state index contributed by atoms with van der Waals surface area (Å²) >= 11 is 12.1. The van der Waals surface area contributed by atoms with Crippen molar-refractivity contribution in [2.75, 3.05) is 13.1 Å². The normalized spacial score (nSPS) is 15.1. The fourth-order valence-corrected chi connectivity index (χ4v) is 5.39. The molecule has 1 N–H and O–H groups in total. The molecule has 0 aromatic heterocycles. The van der Waals surface area contributed by atoms with Crippen LogP contribution < -0.4 is 5.32 Å². The molecule has 0 saturated carbocycles. The summed E-state index contributed by atoms with van der Waals surface area (Å²) in [6.45, 7) is 3.21. The van der Waals surface area contributed by atoms with Gasteiger partial charge in [0.15, 0.2) is 0 Å². The number of amides is 3. The Morgan fingerprint density at radius 3 is 2.47 bits per heavy atom. The molecule has 3 amide bonds. The van der Waals surface area contributed by atoms with Gasteiger partial charge in [-0.15, -0.1) is 0 Å². The lowest BCUT2D eigenvalue weighted by atomic mass is 10.1. The van der Waals surface area contributed by atoms with Crippen LogP contribution in [0.3, 0.4) is 0 Å². The molecule has 1 aliphatic rings. The Morgan fingerprint density at radius 1 is 1.12 bits per heavy atom. The summed E-state index contributed by atoms with van der Waals surface area (Å²) in [4.78, 5) is 39.9. The van der Waals surface area contributed by atoms with Gasteiger partial charge in [-0.2, -0.15) is 0 Å². The van der Waals surface area contributed by atoms with Gasteiger partial charge in [-0.3, -0.25) is 14.4 Å². The summed E-state index contributed by atoms with van der Waals surface area (Å²) in [5.74, 6) is -1.87. The Labute approximate surface area is 208 Å². The lowest BCUT2D eigenvalue weighted by Gasteiger charge is -2.30. The Morgan fingerprint density at radius 2 is 1.82 bits per heavy atom. The summed E-state index contributed by atoms with van der Waals surface area (Å²) in [7, 11) is -4.18. The van der Waals surface area contributed by atoms with Crippen LogP contribution in [0.2, 0.25) is 10.0 Å². The second-order valence-corrected chi connectivity index (χ2v) is 10.5. The number of sulfonamides is 1. The SMILES string of the molecule is CCCCNC(=O)[C@@H](C)N(Cc1ccc(Cl)c(Cl)c1)C(=O)CN1C(=O)c2ccccc2S1(=O)=O. The molecular weight excluding hydrogens is 501 g/mol. The highest BCUT2D eigenvalue weighted by molar-refractivity contribution is 7.90. The fraction of sp³-hybridized carbons (Fsp3) is 0.348. The van der Waals surface area contributed by atoms with Gasteiger partial charge in [0.25, 0.3) is 15.9 Å². The summed E-state index contributed by atoms with van der Waals surface area (Å²) in [6.07, 6.45) is 1.66. The van der Waals surface area contributed by atoms with E-state index in [1.807, 2.05) is 6.92 Å². The molecule has 0 aliphatic carbocycles. The summed E-state index contributed by atoms with van der Waals surface area (Å²) in [5, 5.41) is 3.39. The van der Waals surface area contributed by atoms with Crippen molar-refractivity contribution in [2.45, 2.75) is 44.2 Å². The zero-order valence-electron chi connectivity index (χ0n) is 18.8. The quantitative estimate of drug-likeness (QED) is 0.504. The van der Waals surface area contributed by atoms with E-state index < -0.39 is 34.4 Å². The maximum atomic E-state index is 13.3. The van der Waals surface area contributed by atoms with E-state index in [1.165, 1.54) is 23.1 Å². The van der Waals surface area contributed by atoms with Crippen molar-refractivity contribution < 1.29 is 22.8 Å². The molecule has 2 aromatic rings. The predicted molar refractivity (Wildman–Crippen MR) is 129 cm³/mol. The van der Waals surface area contributed by atoms with Gasteiger partial charge in [0.1, 0.15) is 17.5 Å². The van der Waals surface area contributed by atoms with Gasteiger partial charge in [-0.05, 0) is 43.2 Å². The van der Waals surface area contributed by atoms with E-state index in [0.717, 1.165) is 12.8 Å². The number of unbranched alkanes of at least 4 members (excludes halogenated alkanes) is 1. The highest BCUT2D eigenvalue weighted by Gasteiger charge is 2.43. The van der Waals surface area contributed by atoms with Gasteiger partial charge < -0.3 is 10.2 Å². The van der Waals surface area contributed by atoms with Crippen LogP contribution in [0.15, 0.2) is 47.4 Å². The number of rotatable bonds is 9. The Balaban J connectivity index is 1.87. The smallest absolute Gasteiger partial charge is 0.269 e. The van der Waals surface area contributed by atoms with Crippen molar-refractivity contribution >= 4 is 50.9 Å². The van der Waals surface area contributed by atoms with E-state index in [2.05, 4.69) is 5.32 Å². The first-order valence-electron chi connectivity index (χ1n) is 10.7. The van der Waals surface area contributed by atoms with Gasteiger partial charge in [0.05, 0.1) is 15.6 Å². The van der Waals surface area contributed by atoms with Crippen LogP contribution in [-0.4, -0.2) is 54.5 Å². The molecule has 0 saturated heterocycles. The topological polar surface area (TPSA) is 104 Å². The number of fused-ring (bicyclic) bond motifs is 1. The lowest BCUT2D eigenvalue weighted by molar-refractivity contribution is -0.140. The largest absolute Gasteiger partial charge is 0.354 e. The minimum atomic E-state index is -4.18. The molecule has 1 heterocycles. The summed E-state index contributed by atoms with van der Waals surface area (Å²) < 4.78 is 26.3. The van der Waals surface area contributed by atoms with Crippen LogP contribution in [0.1, 0.15) is 42.6 Å². The van der Waals surface area contributed by atoms with Crippen molar-refractivity contribution in [3.05, 3.63) is 63.6 Å². The Hall–Kier alpha value is -2.62. The number of hydrogen-bond acceptors (Lipinski definition) is 5. The van der Waals surface area contributed by atoms with Crippen LogP contribution in [0.4, 0.5) is 0 Å². The summed E-state index contributed by atoms with van der Waals surface area (Å²) in [5.41, 5.74) is 0.603. The van der Waals surface area contributed by atoms with Crippen LogP contribution in [-0.2, 0) is 26.2 Å². The number of carbonyl (C=O) groups excluding carboxylic acids is 3. The Bertz CT molecular complexity index is 1220. The number of hydrogen-bond donors (Lipinski definition) is 1. The van der Waals surface area contributed by atoms with E-state index >= 15 is 0 Å². The molecule has 0 spiro atoms. The number of benzene rings is 2. The molecule has 182 valence electrons. The number of halogens is 2. The molecular formula is C23H25Cl2N3O5S. The Kier molecular flexibility index (Phi) is 8.22. The van der Waals surface area contributed by atoms with Crippen molar-refractivity contribution in [1.82, 2.24) is 14.5 Å². The third kappa shape index (κ3) is 5.37. The zero-order chi connectivity index (χ0) is 25.0. The molecule has 8 nitrogen and oxygen atoms in total. The molecule has 34 heavy (non-hydrogen) atoms. The van der Waals surface area contributed by atoms with Gasteiger partial charge >= 0.3 is 0 Å². The lowest BCUT2D eigenvalue weighted by Crippen LogP contribution is -2.51. The molecule has 2 aromatic carbocycles. The minimum absolute atomic E-state index is 0.0108. The van der Waals surface area contributed by atoms with Crippen LogP contribution >= 0.6 is 23.2 Å². The minimum Gasteiger partial charge on any atom is -0.354 e. The van der Waals surface area contributed by atoms with Gasteiger partial charge in [-0.25, -0.2) is 12.7 Å². The average Bonchev–Trinajstić information content (AvgIpc) is 3.00. The molecule has 1 atom stereocenters. The first kappa shape index (κ1) is 26.0. The average molecular weight is 526 g/mol. The molecule has 1 aliphatic heterocycles. The molecule has 0 bridgehead atoms. The molecule has 11 heteroatoms. The second kappa shape index (κ2) is 10.8. The van der Waals surface area contributed by atoms with Crippen molar-refractivity contribution in [1.29, 1.82) is 0 Å². The molecule has 0 fully saturated rings. The van der Waals surface area contributed by atoms with Gasteiger partial charge in [0.2, 0.25) is 11.8 Å². The van der Waals surface area contributed by atoms with Gasteiger partial charge in [0, 0.05) is 13.1 Å². The molecule has 0 radical (unpaired) electrons. The first-order chi connectivity index (χ1) is 16.1. The first-order valence-corrected chi connectivity index (χ1v) is 12.9. The van der Waals surface area contributed by atoms with Crippen molar-refractivity contribution in [2.24, 2.45) is 0 Å². The second-order valence-electron chi connectivity index (χ2n) is 7.90. The predicted octanol–water partition coefficient (Wildman–Crippen LogP) is 3.47.